The van der Waals surface area contributed by atoms with Crippen molar-refractivity contribution in [3.63, 3.8) is 0 Å². The summed E-state index contributed by atoms with van der Waals surface area (Å²) in [5.74, 6) is 0.765. The summed E-state index contributed by atoms with van der Waals surface area (Å²) in [7, 11) is 0. The molecule has 0 radical (unpaired) electrons. The summed E-state index contributed by atoms with van der Waals surface area (Å²) >= 11 is 0. The van der Waals surface area contributed by atoms with Crippen molar-refractivity contribution in [3.8, 4) is 0 Å². The summed E-state index contributed by atoms with van der Waals surface area (Å²) in [5.41, 5.74) is 1.17. The number of nitrogens with zero attached hydrogens (tertiary/aromatic N) is 1. The second kappa shape index (κ2) is 6.74. The smallest absolute Gasteiger partial charge is 0.230 e. The zero-order chi connectivity index (χ0) is 13.7. The van der Waals surface area contributed by atoms with E-state index >= 15 is 0 Å². The van der Waals surface area contributed by atoms with Gasteiger partial charge in [-0.15, -0.1) is 0 Å². The molecule has 0 N–H and O–H groups in total. The molecule has 1 saturated heterocycles. The fourth-order valence-electron chi connectivity index (χ4n) is 2.92. The largest absolute Gasteiger partial charge is 0.342 e. The van der Waals surface area contributed by atoms with E-state index in [4.69, 9.17) is 0 Å². The molecule has 104 valence electrons. The first-order valence-electron chi connectivity index (χ1n) is 7.57. The lowest BCUT2D eigenvalue weighted by atomic mass is 9.84. The summed E-state index contributed by atoms with van der Waals surface area (Å²) in [6.45, 7) is 6.25. The average Bonchev–Trinajstić information content (AvgIpc) is 2.49. The van der Waals surface area contributed by atoms with Crippen LogP contribution in [0.5, 0.6) is 0 Å². The standard InChI is InChI=1S/C17H25NO/c1-3-14(2)16(15-10-6-4-7-11-15)17(19)18-12-8-5-9-13-18/h4,6-7,10-11,14,16H,3,5,8-9,12-13H2,1-2H3. The summed E-state index contributed by atoms with van der Waals surface area (Å²) in [5, 5.41) is 0. The molecule has 1 heterocycles. The number of benzene rings is 1. The molecule has 1 aromatic carbocycles. The van der Waals surface area contributed by atoms with E-state index in [9.17, 15) is 4.79 Å². The lowest BCUT2D eigenvalue weighted by Crippen LogP contribution is -2.40. The first kappa shape index (κ1) is 14.1. The highest BCUT2D eigenvalue weighted by Crippen LogP contribution is 2.30. The highest BCUT2D eigenvalue weighted by atomic mass is 16.2. The Labute approximate surface area is 116 Å². The Morgan fingerprint density at radius 2 is 1.79 bits per heavy atom. The average molecular weight is 259 g/mol. The molecule has 2 nitrogen and oxygen atoms in total. The minimum Gasteiger partial charge on any atom is -0.342 e. The number of amides is 1. The van der Waals surface area contributed by atoms with E-state index in [1.165, 1.54) is 12.0 Å². The van der Waals surface area contributed by atoms with Crippen molar-refractivity contribution in [2.24, 2.45) is 5.92 Å². The molecule has 1 fully saturated rings. The van der Waals surface area contributed by atoms with E-state index in [2.05, 4.69) is 30.9 Å². The van der Waals surface area contributed by atoms with Gasteiger partial charge in [-0.1, -0.05) is 50.6 Å². The van der Waals surface area contributed by atoms with Crippen LogP contribution in [0.25, 0.3) is 0 Å². The van der Waals surface area contributed by atoms with Gasteiger partial charge >= 0.3 is 0 Å². The molecule has 1 aliphatic rings. The highest BCUT2D eigenvalue weighted by Gasteiger charge is 2.30. The Kier molecular flexibility index (Phi) is 5.00. The van der Waals surface area contributed by atoms with Crippen LogP contribution in [0.3, 0.4) is 0 Å². The molecule has 0 aliphatic carbocycles. The third kappa shape index (κ3) is 3.37. The number of hydrogen-bond acceptors (Lipinski definition) is 1. The van der Waals surface area contributed by atoms with Crippen LogP contribution >= 0.6 is 0 Å². The molecule has 0 saturated carbocycles. The molecule has 2 unspecified atom stereocenters. The normalized spacial score (nSPS) is 18.9. The maximum absolute atomic E-state index is 12.8. The van der Waals surface area contributed by atoms with Gasteiger partial charge in [-0.25, -0.2) is 0 Å². The topological polar surface area (TPSA) is 20.3 Å². The van der Waals surface area contributed by atoms with E-state index in [0.717, 1.165) is 32.4 Å². The van der Waals surface area contributed by atoms with Crippen LogP contribution in [0.15, 0.2) is 30.3 Å². The van der Waals surface area contributed by atoms with Gasteiger partial charge in [0.05, 0.1) is 5.92 Å². The van der Waals surface area contributed by atoms with E-state index in [1.54, 1.807) is 0 Å². The monoisotopic (exact) mass is 259 g/mol. The third-order valence-electron chi connectivity index (χ3n) is 4.31. The molecule has 1 aliphatic heterocycles. The van der Waals surface area contributed by atoms with Crippen LogP contribution in [0.2, 0.25) is 0 Å². The van der Waals surface area contributed by atoms with Gasteiger partial charge in [0.25, 0.3) is 0 Å². The second-order valence-electron chi connectivity index (χ2n) is 5.66. The fraction of sp³-hybridized carbons (Fsp3) is 0.588. The molecule has 2 atom stereocenters. The zero-order valence-corrected chi connectivity index (χ0v) is 12.1. The summed E-state index contributed by atoms with van der Waals surface area (Å²) in [6.07, 6.45) is 4.63. The van der Waals surface area contributed by atoms with Crippen molar-refractivity contribution in [3.05, 3.63) is 35.9 Å². The number of carbonyl (C=O) groups excluding carboxylic acids is 1. The van der Waals surface area contributed by atoms with Crippen molar-refractivity contribution >= 4 is 5.91 Å². The molecule has 0 bridgehead atoms. The van der Waals surface area contributed by atoms with Gasteiger partial charge in [-0.05, 0) is 30.7 Å². The Hall–Kier alpha value is -1.31. The van der Waals surface area contributed by atoms with Crippen LogP contribution in [-0.2, 0) is 4.79 Å². The first-order chi connectivity index (χ1) is 9.24. The Balaban J connectivity index is 2.20. The van der Waals surface area contributed by atoms with Crippen LogP contribution in [-0.4, -0.2) is 23.9 Å². The Morgan fingerprint density at radius 3 is 2.37 bits per heavy atom. The van der Waals surface area contributed by atoms with Crippen molar-refractivity contribution in [2.45, 2.75) is 45.4 Å². The SMILES string of the molecule is CCC(C)C(C(=O)N1CCCCC1)c1ccccc1. The molecular formula is C17H25NO. The second-order valence-corrected chi connectivity index (χ2v) is 5.66. The number of rotatable bonds is 4. The minimum absolute atomic E-state index is 0.0318. The number of piperidine rings is 1. The third-order valence-corrected chi connectivity index (χ3v) is 4.31. The van der Waals surface area contributed by atoms with Crippen molar-refractivity contribution in [2.75, 3.05) is 13.1 Å². The molecule has 1 aromatic rings. The fourth-order valence-corrected chi connectivity index (χ4v) is 2.92. The van der Waals surface area contributed by atoms with Crippen molar-refractivity contribution in [1.82, 2.24) is 4.90 Å². The van der Waals surface area contributed by atoms with Crippen molar-refractivity contribution < 1.29 is 4.79 Å². The maximum atomic E-state index is 12.8. The predicted octanol–water partition coefficient (Wildman–Crippen LogP) is 3.83. The summed E-state index contributed by atoms with van der Waals surface area (Å²) < 4.78 is 0. The van der Waals surface area contributed by atoms with Crippen LogP contribution in [0, 0.1) is 5.92 Å². The number of likely N-dealkylation sites (tertiary alicyclic amines) is 1. The quantitative estimate of drug-likeness (QED) is 0.804. The highest BCUT2D eigenvalue weighted by molar-refractivity contribution is 5.84. The lowest BCUT2D eigenvalue weighted by molar-refractivity contribution is -0.135. The molecule has 0 aromatic heterocycles. The van der Waals surface area contributed by atoms with Crippen LogP contribution in [0.1, 0.15) is 51.0 Å². The summed E-state index contributed by atoms with van der Waals surface area (Å²) in [4.78, 5) is 14.9. The van der Waals surface area contributed by atoms with Gasteiger partial charge in [0.15, 0.2) is 0 Å². The van der Waals surface area contributed by atoms with E-state index in [-0.39, 0.29) is 5.92 Å². The van der Waals surface area contributed by atoms with Gasteiger partial charge in [-0.3, -0.25) is 4.79 Å². The van der Waals surface area contributed by atoms with Gasteiger partial charge in [-0.2, -0.15) is 0 Å². The van der Waals surface area contributed by atoms with Gasteiger partial charge in [0, 0.05) is 13.1 Å². The first-order valence-corrected chi connectivity index (χ1v) is 7.57. The Bertz CT molecular complexity index is 395. The van der Waals surface area contributed by atoms with E-state index in [1.807, 2.05) is 18.2 Å². The molecule has 19 heavy (non-hydrogen) atoms. The van der Waals surface area contributed by atoms with Crippen LogP contribution < -0.4 is 0 Å². The van der Waals surface area contributed by atoms with E-state index in [0.29, 0.717) is 11.8 Å². The number of carbonyl (C=O) groups is 1. The summed E-state index contributed by atoms with van der Waals surface area (Å²) in [6, 6.07) is 10.3. The van der Waals surface area contributed by atoms with Gasteiger partial charge in [0.2, 0.25) is 5.91 Å². The number of hydrogen-bond donors (Lipinski definition) is 0. The van der Waals surface area contributed by atoms with Gasteiger partial charge in [0.1, 0.15) is 0 Å². The minimum atomic E-state index is 0.0318. The molecule has 0 spiro atoms. The molecule has 1 amide bonds. The Morgan fingerprint density at radius 1 is 1.16 bits per heavy atom. The molecular weight excluding hydrogens is 234 g/mol. The lowest BCUT2D eigenvalue weighted by Gasteiger charge is -2.33. The van der Waals surface area contributed by atoms with E-state index < -0.39 is 0 Å². The zero-order valence-electron chi connectivity index (χ0n) is 12.1. The van der Waals surface area contributed by atoms with Gasteiger partial charge < -0.3 is 4.90 Å². The van der Waals surface area contributed by atoms with Crippen molar-refractivity contribution in [1.29, 1.82) is 0 Å². The molecule has 2 rings (SSSR count). The maximum Gasteiger partial charge on any atom is 0.230 e. The van der Waals surface area contributed by atoms with Crippen LogP contribution in [0.4, 0.5) is 0 Å². The predicted molar refractivity (Wildman–Crippen MR) is 79.1 cm³/mol. The molecule has 2 heteroatoms.